The Morgan fingerprint density at radius 2 is 2.00 bits per heavy atom. The van der Waals surface area contributed by atoms with Gasteiger partial charge in [-0.1, -0.05) is 6.07 Å². The van der Waals surface area contributed by atoms with Gasteiger partial charge in [0.1, 0.15) is 18.5 Å². The van der Waals surface area contributed by atoms with Crippen LogP contribution in [0.25, 0.3) is 11.3 Å². The summed E-state index contributed by atoms with van der Waals surface area (Å²) < 4.78 is 0. The van der Waals surface area contributed by atoms with Crippen LogP contribution < -0.4 is 10.6 Å². The number of nitrogens with zero attached hydrogens (tertiary/aromatic N) is 4. The number of anilines is 3. The fourth-order valence-corrected chi connectivity index (χ4v) is 2.68. The Morgan fingerprint density at radius 1 is 1.15 bits per heavy atom. The van der Waals surface area contributed by atoms with Crippen molar-refractivity contribution in [3.63, 3.8) is 0 Å². The van der Waals surface area contributed by atoms with Crippen molar-refractivity contribution >= 4 is 35.0 Å². The minimum absolute atomic E-state index is 0.466. The number of aryl methyl sites for hydroxylation is 1. The molecular weight excluding hydrogens is 352 g/mol. The second kappa shape index (κ2) is 7.79. The van der Waals surface area contributed by atoms with Crippen LogP contribution in [0.2, 0.25) is 0 Å². The average Bonchev–Trinajstić information content (AvgIpc) is 2.64. The molecule has 0 aliphatic carbocycles. The summed E-state index contributed by atoms with van der Waals surface area (Å²) in [7, 11) is 0. The molecule has 1 amide bonds. The van der Waals surface area contributed by atoms with Crippen molar-refractivity contribution in [2.24, 2.45) is 0 Å². The number of aromatic nitrogens is 4. The van der Waals surface area contributed by atoms with Crippen LogP contribution in [0.15, 0.2) is 48.1 Å². The number of benzene rings is 1. The maximum atomic E-state index is 10.9. The number of amides is 1. The Kier molecular flexibility index (Phi) is 5.28. The average molecular weight is 368 g/mol. The molecule has 2 heterocycles. The highest BCUT2D eigenvalue weighted by Crippen LogP contribution is 2.30. The second-order valence-electron chi connectivity index (χ2n) is 5.32. The predicted octanol–water partition coefficient (Wildman–Crippen LogP) is 3.80. The second-order valence-corrected chi connectivity index (χ2v) is 6.14. The molecule has 3 rings (SSSR count). The highest BCUT2D eigenvalue weighted by atomic mass is 32.2. The molecule has 0 fully saturated rings. The lowest BCUT2D eigenvalue weighted by Gasteiger charge is -2.13. The number of thioether (sulfide) groups is 1. The molecule has 0 aliphatic rings. The van der Waals surface area contributed by atoms with E-state index in [9.17, 15) is 4.79 Å². The molecule has 0 saturated heterocycles. The molecule has 0 aliphatic heterocycles. The summed E-state index contributed by atoms with van der Waals surface area (Å²) in [4.78, 5) is 27.7. The van der Waals surface area contributed by atoms with Crippen molar-refractivity contribution in [2.75, 3.05) is 16.9 Å². The van der Waals surface area contributed by atoms with Gasteiger partial charge in [0, 0.05) is 17.6 Å². The predicted molar refractivity (Wildman–Crippen MR) is 101 cm³/mol. The van der Waals surface area contributed by atoms with Gasteiger partial charge in [-0.2, -0.15) is 0 Å². The van der Waals surface area contributed by atoms with E-state index < -0.39 is 6.09 Å². The molecule has 0 spiro atoms. The molecule has 26 heavy (non-hydrogen) atoms. The summed E-state index contributed by atoms with van der Waals surface area (Å²) in [6.45, 7) is 1.92. The van der Waals surface area contributed by atoms with E-state index in [1.807, 2.05) is 25.3 Å². The highest BCUT2D eigenvalue weighted by Gasteiger charge is 2.11. The van der Waals surface area contributed by atoms with Gasteiger partial charge in [0.2, 0.25) is 0 Å². The maximum absolute atomic E-state index is 10.9. The first kappa shape index (κ1) is 17.6. The van der Waals surface area contributed by atoms with Crippen LogP contribution in [-0.4, -0.2) is 37.4 Å². The topological polar surface area (TPSA) is 113 Å². The van der Waals surface area contributed by atoms with Crippen molar-refractivity contribution in [3.8, 4) is 11.3 Å². The lowest BCUT2D eigenvalue weighted by molar-refractivity contribution is 0.210. The number of carbonyl (C=O) groups is 1. The summed E-state index contributed by atoms with van der Waals surface area (Å²) >= 11 is 1.52. The normalized spacial score (nSPS) is 10.4. The van der Waals surface area contributed by atoms with Crippen LogP contribution in [0.3, 0.4) is 0 Å². The third-order valence-electron chi connectivity index (χ3n) is 3.58. The zero-order valence-electron chi connectivity index (χ0n) is 14.1. The van der Waals surface area contributed by atoms with E-state index in [0.29, 0.717) is 17.2 Å². The fourth-order valence-electron chi connectivity index (χ4n) is 2.30. The van der Waals surface area contributed by atoms with Gasteiger partial charge in [-0.05, 0) is 36.9 Å². The Balaban J connectivity index is 1.97. The molecule has 9 heteroatoms. The van der Waals surface area contributed by atoms with Crippen LogP contribution in [0.4, 0.5) is 22.0 Å². The van der Waals surface area contributed by atoms with Gasteiger partial charge in [0.05, 0.1) is 16.3 Å². The van der Waals surface area contributed by atoms with Crippen molar-refractivity contribution in [1.82, 2.24) is 19.9 Å². The first-order valence-electron chi connectivity index (χ1n) is 7.61. The maximum Gasteiger partial charge on any atom is 0.409 e. The number of hydrogen-bond donors (Lipinski definition) is 3. The standard InChI is InChI=1S/C17H16N6O2S/c1-10-3-4-11(22-17(24)25)5-13(10)23-16-12(7-18-8-21-16)14-6-15(26-2)20-9-19-14/h3-9,22H,1-2H3,(H,24,25)(H,18,21,23). The van der Waals surface area contributed by atoms with E-state index in [0.717, 1.165) is 21.8 Å². The molecule has 0 bridgehead atoms. The number of nitrogens with one attached hydrogen (secondary N) is 2. The van der Waals surface area contributed by atoms with Crippen LogP contribution in [0, 0.1) is 6.92 Å². The van der Waals surface area contributed by atoms with E-state index in [1.54, 1.807) is 18.3 Å². The number of rotatable bonds is 5. The quantitative estimate of drug-likeness (QED) is 0.460. The molecule has 132 valence electrons. The summed E-state index contributed by atoms with van der Waals surface area (Å²) in [5, 5.41) is 15.3. The molecule has 0 unspecified atom stereocenters. The van der Waals surface area contributed by atoms with Crippen molar-refractivity contribution in [3.05, 3.63) is 48.7 Å². The fraction of sp³-hybridized carbons (Fsp3) is 0.118. The largest absolute Gasteiger partial charge is 0.465 e. The molecule has 1 aromatic carbocycles. The molecule has 3 N–H and O–H groups in total. The Morgan fingerprint density at radius 3 is 2.77 bits per heavy atom. The zero-order chi connectivity index (χ0) is 18.5. The van der Waals surface area contributed by atoms with E-state index in [2.05, 4.69) is 30.6 Å². The first-order valence-corrected chi connectivity index (χ1v) is 8.83. The molecule has 8 nitrogen and oxygen atoms in total. The van der Waals surface area contributed by atoms with E-state index >= 15 is 0 Å². The molecule has 0 radical (unpaired) electrons. The minimum Gasteiger partial charge on any atom is -0.465 e. The molecule has 2 aromatic heterocycles. The van der Waals surface area contributed by atoms with Gasteiger partial charge in [-0.3, -0.25) is 5.32 Å². The van der Waals surface area contributed by atoms with Gasteiger partial charge in [-0.25, -0.2) is 24.7 Å². The minimum atomic E-state index is -1.12. The smallest absolute Gasteiger partial charge is 0.409 e. The van der Waals surface area contributed by atoms with E-state index in [-0.39, 0.29) is 0 Å². The Hall–Kier alpha value is -3.20. The van der Waals surface area contributed by atoms with Gasteiger partial charge >= 0.3 is 6.09 Å². The molecule has 0 saturated carbocycles. The third kappa shape index (κ3) is 4.06. The van der Waals surface area contributed by atoms with Crippen LogP contribution in [-0.2, 0) is 0 Å². The molecule has 3 aromatic rings. The third-order valence-corrected chi connectivity index (χ3v) is 4.22. The Bertz CT molecular complexity index is 950. The van der Waals surface area contributed by atoms with Crippen LogP contribution >= 0.6 is 11.8 Å². The number of carboxylic acid groups (broad SMARTS) is 1. The van der Waals surface area contributed by atoms with Crippen LogP contribution in [0.1, 0.15) is 5.56 Å². The van der Waals surface area contributed by atoms with Gasteiger partial charge in [0.25, 0.3) is 0 Å². The molecular formula is C17H16N6O2S. The van der Waals surface area contributed by atoms with Gasteiger partial charge < -0.3 is 10.4 Å². The Labute approximate surface area is 154 Å². The zero-order valence-corrected chi connectivity index (χ0v) is 14.9. The van der Waals surface area contributed by atoms with Crippen molar-refractivity contribution < 1.29 is 9.90 Å². The SMILES string of the molecule is CSc1cc(-c2cncnc2Nc2cc(NC(=O)O)ccc2C)ncn1. The first-order chi connectivity index (χ1) is 12.6. The summed E-state index contributed by atoms with van der Waals surface area (Å²) in [5.74, 6) is 0.571. The lowest BCUT2D eigenvalue weighted by atomic mass is 10.1. The monoisotopic (exact) mass is 368 g/mol. The van der Waals surface area contributed by atoms with Crippen molar-refractivity contribution in [1.29, 1.82) is 0 Å². The van der Waals surface area contributed by atoms with Crippen LogP contribution in [0.5, 0.6) is 0 Å². The summed E-state index contributed by atoms with van der Waals surface area (Å²) in [6.07, 6.45) is 5.44. The summed E-state index contributed by atoms with van der Waals surface area (Å²) in [6, 6.07) is 7.10. The summed E-state index contributed by atoms with van der Waals surface area (Å²) in [5.41, 5.74) is 3.56. The molecule has 0 atom stereocenters. The van der Waals surface area contributed by atoms with Gasteiger partial charge in [0.15, 0.2) is 0 Å². The van der Waals surface area contributed by atoms with E-state index in [1.165, 1.54) is 24.4 Å². The van der Waals surface area contributed by atoms with E-state index in [4.69, 9.17) is 5.11 Å². The highest BCUT2D eigenvalue weighted by molar-refractivity contribution is 7.98. The lowest BCUT2D eigenvalue weighted by Crippen LogP contribution is -2.08. The van der Waals surface area contributed by atoms with Crippen molar-refractivity contribution in [2.45, 2.75) is 11.9 Å². The number of hydrogen-bond acceptors (Lipinski definition) is 7. The van der Waals surface area contributed by atoms with Gasteiger partial charge in [-0.15, -0.1) is 11.8 Å².